The lowest BCUT2D eigenvalue weighted by Crippen LogP contribution is -2.39. The van der Waals surface area contributed by atoms with Gasteiger partial charge in [0.05, 0.1) is 30.6 Å². The fourth-order valence-electron chi connectivity index (χ4n) is 4.05. The molecule has 0 amide bonds. The van der Waals surface area contributed by atoms with Crippen LogP contribution in [0.25, 0.3) is 11.0 Å². The SMILES string of the molecule is COC(=O)c1cnc2c(ccn2[C@@H]2C[C@H]3CNc4nnccc4N3C2)c1. The molecule has 26 heavy (non-hydrogen) atoms. The van der Waals surface area contributed by atoms with Gasteiger partial charge < -0.3 is 19.5 Å². The Balaban J connectivity index is 1.47. The lowest BCUT2D eigenvalue weighted by Gasteiger charge is -2.32. The summed E-state index contributed by atoms with van der Waals surface area (Å²) >= 11 is 0. The van der Waals surface area contributed by atoms with Crippen molar-refractivity contribution in [1.82, 2.24) is 19.7 Å². The van der Waals surface area contributed by atoms with Crippen molar-refractivity contribution in [2.45, 2.75) is 18.5 Å². The number of pyridine rings is 1. The van der Waals surface area contributed by atoms with Gasteiger partial charge in [0.15, 0.2) is 5.82 Å². The Kier molecular flexibility index (Phi) is 3.31. The van der Waals surface area contributed by atoms with Crippen LogP contribution in [0.4, 0.5) is 11.5 Å². The van der Waals surface area contributed by atoms with E-state index in [1.165, 1.54) is 7.11 Å². The van der Waals surface area contributed by atoms with E-state index in [1.54, 1.807) is 12.4 Å². The molecule has 3 aromatic rings. The molecule has 1 saturated heterocycles. The first-order valence-electron chi connectivity index (χ1n) is 8.61. The first-order chi connectivity index (χ1) is 12.7. The number of anilines is 2. The van der Waals surface area contributed by atoms with Crippen molar-refractivity contribution in [3.63, 3.8) is 0 Å². The number of ether oxygens (including phenoxy) is 1. The summed E-state index contributed by atoms with van der Waals surface area (Å²) in [4.78, 5) is 18.6. The van der Waals surface area contributed by atoms with Crippen molar-refractivity contribution in [3.05, 3.63) is 42.4 Å². The topological polar surface area (TPSA) is 85.2 Å². The summed E-state index contributed by atoms with van der Waals surface area (Å²) in [5.41, 5.74) is 2.47. The predicted molar refractivity (Wildman–Crippen MR) is 96.4 cm³/mol. The summed E-state index contributed by atoms with van der Waals surface area (Å²) in [5.74, 6) is 0.483. The average molecular weight is 350 g/mol. The van der Waals surface area contributed by atoms with Crippen LogP contribution in [0.5, 0.6) is 0 Å². The van der Waals surface area contributed by atoms with Gasteiger partial charge in [-0.1, -0.05) is 0 Å². The zero-order valence-electron chi connectivity index (χ0n) is 14.3. The zero-order chi connectivity index (χ0) is 17.7. The molecule has 0 unspecified atom stereocenters. The molecule has 8 heteroatoms. The molecule has 2 aliphatic rings. The van der Waals surface area contributed by atoms with Crippen LogP contribution in [-0.2, 0) is 4.74 Å². The Morgan fingerprint density at radius 3 is 3.15 bits per heavy atom. The number of methoxy groups -OCH3 is 1. The molecule has 0 aromatic carbocycles. The quantitative estimate of drug-likeness (QED) is 0.706. The van der Waals surface area contributed by atoms with Gasteiger partial charge in [-0.05, 0) is 24.6 Å². The van der Waals surface area contributed by atoms with E-state index < -0.39 is 0 Å². The number of rotatable bonds is 2. The Morgan fingerprint density at radius 1 is 1.35 bits per heavy atom. The van der Waals surface area contributed by atoms with E-state index >= 15 is 0 Å². The average Bonchev–Trinajstić information content (AvgIpc) is 3.30. The Hall–Kier alpha value is -3.16. The molecule has 0 aliphatic carbocycles. The van der Waals surface area contributed by atoms with Gasteiger partial charge >= 0.3 is 5.97 Å². The molecular formula is C18H18N6O2. The fourth-order valence-corrected chi connectivity index (χ4v) is 4.05. The number of aromatic nitrogens is 4. The minimum atomic E-state index is -0.367. The van der Waals surface area contributed by atoms with Gasteiger partial charge in [-0.25, -0.2) is 9.78 Å². The third-order valence-corrected chi connectivity index (χ3v) is 5.28. The van der Waals surface area contributed by atoms with Gasteiger partial charge in [0.25, 0.3) is 0 Å². The number of hydrogen-bond donors (Lipinski definition) is 1. The van der Waals surface area contributed by atoms with E-state index in [-0.39, 0.29) is 5.97 Å². The van der Waals surface area contributed by atoms with Crippen LogP contribution in [0.1, 0.15) is 22.8 Å². The number of hydrogen-bond acceptors (Lipinski definition) is 7. The molecule has 2 aliphatic heterocycles. The highest BCUT2D eigenvalue weighted by molar-refractivity contribution is 5.93. The second-order valence-electron chi connectivity index (χ2n) is 6.69. The van der Waals surface area contributed by atoms with E-state index in [0.717, 1.165) is 42.0 Å². The summed E-state index contributed by atoms with van der Waals surface area (Å²) in [6.45, 7) is 1.76. The summed E-state index contributed by atoms with van der Waals surface area (Å²) in [6.07, 6.45) is 6.40. The standard InChI is InChI=1S/C18H18N6O2/c1-26-18(25)12-6-11-3-5-23(17(11)20-8-12)14-7-13-9-19-16-15(24(13)10-14)2-4-21-22-16/h2-6,8,13-14H,7,9-10H2,1H3,(H,19,22)/t13-,14+/m0/s1. The maximum absolute atomic E-state index is 11.7. The summed E-state index contributed by atoms with van der Waals surface area (Å²) in [7, 11) is 1.38. The van der Waals surface area contributed by atoms with Crippen LogP contribution in [0.15, 0.2) is 36.8 Å². The number of nitrogens with one attached hydrogen (secondary N) is 1. The van der Waals surface area contributed by atoms with Crippen molar-refractivity contribution in [2.75, 3.05) is 30.4 Å². The van der Waals surface area contributed by atoms with Gasteiger partial charge in [0.2, 0.25) is 0 Å². The summed E-state index contributed by atoms with van der Waals surface area (Å²) in [5, 5.41) is 12.5. The second-order valence-corrected chi connectivity index (χ2v) is 6.69. The molecule has 0 spiro atoms. The number of nitrogens with zero attached hydrogens (tertiary/aromatic N) is 5. The highest BCUT2D eigenvalue weighted by Crippen LogP contribution is 2.38. The highest BCUT2D eigenvalue weighted by atomic mass is 16.5. The molecule has 0 saturated carbocycles. The van der Waals surface area contributed by atoms with Crippen LogP contribution < -0.4 is 10.2 Å². The first-order valence-corrected chi connectivity index (χ1v) is 8.61. The zero-order valence-corrected chi connectivity index (χ0v) is 14.3. The molecule has 5 rings (SSSR count). The molecule has 0 bridgehead atoms. The third kappa shape index (κ3) is 2.22. The maximum Gasteiger partial charge on any atom is 0.339 e. The Bertz CT molecular complexity index is 1000. The van der Waals surface area contributed by atoms with Crippen molar-refractivity contribution >= 4 is 28.5 Å². The monoisotopic (exact) mass is 350 g/mol. The van der Waals surface area contributed by atoms with Gasteiger partial charge in [-0.15, -0.1) is 5.10 Å². The summed E-state index contributed by atoms with van der Waals surface area (Å²) in [6, 6.07) is 6.58. The second kappa shape index (κ2) is 5.69. The molecule has 2 atom stereocenters. The Morgan fingerprint density at radius 2 is 2.27 bits per heavy atom. The van der Waals surface area contributed by atoms with Gasteiger partial charge in [0, 0.05) is 36.9 Å². The van der Waals surface area contributed by atoms with Gasteiger partial charge in [-0.3, -0.25) is 0 Å². The van der Waals surface area contributed by atoms with E-state index in [9.17, 15) is 4.79 Å². The molecule has 0 radical (unpaired) electrons. The number of carbonyl (C=O) groups excluding carboxylic acids is 1. The van der Waals surface area contributed by atoms with Gasteiger partial charge in [-0.2, -0.15) is 5.10 Å². The molecule has 5 heterocycles. The lowest BCUT2D eigenvalue weighted by atomic mass is 10.1. The molecule has 1 N–H and O–H groups in total. The normalized spacial score (nSPS) is 21.2. The van der Waals surface area contributed by atoms with Crippen molar-refractivity contribution in [2.24, 2.45) is 0 Å². The number of fused-ring (bicyclic) bond motifs is 4. The number of esters is 1. The third-order valence-electron chi connectivity index (χ3n) is 5.28. The van der Waals surface area contributed by atoms with Crippen LogP contribution in [0.2, 0.25) is 0 Å². The van der Waals surface area contributed by atoms with E-state index in [0.29, 0.717) is 17.6 Å². The van der Waals surface area contributed by atoms with Crippen LogP contribution in [0.3, 0.4) is 0 Å². The van der Waals surface area contributed by atoms with Gasteiger partial charge in [0.1, 0.15) is 5.65 Å². The predicted octanol–water partition coefficient (Wildman–Crippen LogP) is 1.86. The van der Waals surface area contributed by atoms with Crippen LogP contribution in [-0.4, -0.2) is 52.0 Å². The highest BCUT2D eigenvalue weighted by Gasteiger charge is 2.37. The molecule has 132 valence electrons. The van der Waals surface area contributed by atoms with Crippen molar-refractivity contribution in [1.29, 1.82) is 0 Å². The molecule has 3 aromatic heterocycles. The minimum Gasteiger partial charge on any atom is -0.465 e. The minimum absolute atomic E-state index is 0.315. The first kappa shape index (κ1) is 15.1. The smallest absolute Gasteiger partial charge is 0.339 e. The maximum atomic E-state index is 11.7. The van der Waals surface area contributed by atoms with E-state index in [4.69, 9.17) is 4.74 Å². The van der Waals surface area contributed by atoms with Crippen molar-refractivity contribution in [3.8, 4) is 0 Å². The summed E-state index contributed by atoms with van der Waals surface area (Å²) < 4.78 is 6.99. The Labute approximate surface area is 149 Å². The van der Waals surface area contributed by atoms with Crippen LogP contribution >= 0.6 is 0 Å². The lowest BCUT2D eigenvalue weighted by molar-refractivity contribution is 0.0600. The molecule has 1 fully saturated rings. The largest absolute Gasteiger partial charge is 0.465 e. The van der Waals surface area contributed by atoms with E-state index in [2.05, 4.69) is 36.2 Å². The van der Waals surface area contributed by atoms with Crippen LogP contribution in [0, 0.1) is 0 Å². The molecular weight excluding hydrogens is 332 g/mol. The fraction of sp³-hybridized carbons (Fsp3) is 0.333. The molecule has 8 nitrogen and oxygen atoms in total. The van der Waals surface area contributed by atoms with Crippen molar-refractivity contribution < 1.29 is 9.53 Å². The number of carbonyl (C=O) groups is 1. The van der Waals surface area contributed by atoms with E-state index in [1.807, 2.05) is 18.2 Å².